The Morgan fingerprint density at radius 3 is 2.81 bits per heavy atom. The molecule has 0 spiro atoms. The number of benzene rings is 1. The molecule has 2 amide bonds. The Balaban J connectivity index is 1.80. The fraction of sp³-hybridized carbons (Fsp3) is 0.562. The third-order valence-electron chi connectivity index (χ3n) is 3.80. The number of amides is 2. The van der Waals surface area contributed by atoms with Gasteiger partial charge < -0.3 is 19.7 Å². The molecule has 21 heavy (non-hydrogen) atoms. The van der Waals surface area contributed by atoms with Crippen molar-refractivity contribution in [3.8, 4) is 5.75 Å². The second-order valence-electron chi connectivity index (χ2n) is 5.32. The van der Waals surface area contributed by atoms with Crippen LogP contribution in [-0.4, -0.2) is 50.9 Å². The molecule has 0 saturated carbocycles. The van der Waals surface area contributed by atoms with E-state index in [4.69, 9.17) is 9.47 Å². The monoisotopic (exact) mass is 292 g/mol. The number of hydrogen-bond acceptors (Lipinski definition) is 3. The first-order valence-electron chi connectivity index (χ1n) is 7.42. The van der Waals surface area contributed by atoms with Crippen LogP contribution in [0, 0.1) is 0 Å². The Bertz CT molecular complexity index is 459. The number of hydrogen-bond donors (Lipinski definition) is 1. The van der Waals surface area contributed by atoms with Crippen LogP contribution in [0.5, 0.6) is 5.75 Å². The van der Waals surface area contributed by atoms with Crippen LogP contribution in [0.4, 0.5) is 4.79 Å². The zero-order valence-corrected chi connectivity index (χ0v) is 12.8. The number of carbonyl (C=O) groups is 1. The van der Waals surface area contributed by atoms with Crippen LogP contribution in [-0.2, 0) is 11.2 Å². The predicted octanol–water partition coefficient (Wildman–Crippen LogP) is 2.06. The number of ether oxygens (including phenoxy) is 2. The molecule has 0 aliphatic carbocycles. The molecule has 1 heterocycles. The van der Waals surface area contributed by atoms with E-state index in [1.54, 1.807) is 12.0 Å². The summed E-state index contributed by atoms with van der Waals surface area (Å²) in [6.45, 7) is 2.13. The fourth-order valence-electron chi connectivity index (χ4n) is 2.43. The van der Waals surface area contributed by atoms with Crippen molar-refractivity contribution in [2.75, 3.05) is 33.9 Å². The van der Waals surface area contributed by atoms with Crippen LogP contribution in [0.25, 0.3) is 0 Å². The summed E-state index contributed by atoms with van der Waals surface area (Å²) in [6.07, 6.45) is 2.57. The highest BCUT2D eigenvalue weighted by Gasteiger charge is 2.18. The second-order valence-corrected chi connectivity index (χ2v) is 5.32. The molecule has 1 aliphatic heterocycles. The van der Waals surface area contributed by atoms with Gasteiger partial charge in [-0.2, -0.15) is 0 Å². The van der Waals surface area contributed by atoms with Gasteiger partial charge in [0.25, 0.3) is 0 Å². The van der Waals surface area contributed by atoms with Gasteiger partial charge in [0, 0.05) is 32.8 Å². The lowest BCUT2D eigenvalue weighted by atomic mass is 10.1. The SMILES string of the molecule is COc1ccccc1CCN(C)C(=O)NC1CCOCC1. The number of nitrogens with one attached hydrogen (secondary N) is 1. The van der Waals surface area contributed by atoms with Gasteiger partial charge in [0.1, 0.15) is 5.75 Å². The van der Waals surface area contributed by atoms with Crippen LogP contribution in [0.2, 0.25) is 0 Å². The number of para-hydroxylation sites is 1. The normalized spacial score (nSPS) is 15.5. The Labute approximate surface area is 126 Å². The van der Waals surface area contributed by atoms with Crippen LogP contribution in [0.15, 0.2) is 24.3 Å². The van der Waals surface area contributed by atoms with E-state index in [1.807, 2.05) is 31.3 Å². The molecule has 0 radical (unpaired) electrons. The topological polar surface area (TPSA) is 50.8 Å². The maximum absolute atomic E-state index is 12.1. The zero-order chi connectivity index (χ0) is 15.1. The molecule has 116 valence electrons. The first kappa shape index (κ1) is 15.6. The fourth-order valence-corrected chi connectivity index (χ4v) is 2.43. The molecule has 1 N–H and O–H groups in total. The van der Waals surface area contributed by atoms with Crippen LogP contribution >= 0.6 is 0 Å². The predicted molar refractivity (Wildman–Crippen MR) is 81.7 cm³/mol. The third-order valence-corrected chi connectivity index (χ3v) is 3.80. The zero-order valence-electron chi connectivity index (χ0n) is 12.8. The summed E-state index contributed by atoms with van der Waals surface area (Å²) < 4.78 is 10.6. The molecule has 0 bridgehead atoms. The third kappa shape index (κ3) is 4.63. The van der Waals surface area contributed by atoms with E-state index in [-0.39, 0.29) is 12.1 Å². The van der Waals surface area contributed by atoms with Crippen LogP contribution < -0.4 is 10.1 Å². The molecule has 1 aromatic carbocycles. The molecule has 1 aromatic rings. The van der Waals surface area contributed by atoms with E-state index in [0.717, 1.165) is 43.8 Å². The van der Waals surface area contributed by atoms with E-state index in [0.29, 0.717) is 6.54 Å². The number of nitrogens with zero attached hydrogens (tertiary/aromatic N) is 1. The van der Waals surface area contributed by atoms with Gasteiger partial charge in [-0.25, -0.2) is 4.79 Å². The number of methoxy groups -OCH3 is 1. The first-order chi connectivity index (χ1) is 10.2. The van der Waals surface area contributed by atoms with E-state index in [9.17, 15) is 4.79 Å². The summed E-state index contributed by atoms with van der Waals surface area (Å²) in [6, 6.07) is 8.13. The highest BCUT2D eigenvalue weighted by atomic mass is 16.5. The Morgan fingerprint density at radius 1 is 1.38 bits per heavy atom. The van der Waals surface area contributed by atoms with Gasteiger partial charge in [-0.05, 0) is 30.9 Å². The molecule has 0 atom stereocenters. The average molecular weight is 292 g/mol. The van der Waals surface area contributed by atoms with Crippen molar-refractivity contribution >= 4 is 6.03 Å². The summed E-state index contributed by atoms with van der Waals surface area (Å²) in [5, 5.41) is 3.06. The molecular formula is C16H24N2O3. The van der Waals surface area contributed by atoms with Crippen molar-refractivity contribution in [1.29, 1.82) is 0 Å². The summed E-state index contributed by atoms with van der Waals surface area (Å²) >= 11 is 0. The van der Waals surface area contributed by atoms with Gasteiger partial charge in [0.2, 0.25) is 0 Å². The van der Waals surface area contributed by atoms with Gasteiger partial charge in [-0.15, -0.1) is 0 Å². The van der Waals surface area contributed by atoms with Gasteiger partial charge in [-0.3, -0.25) is 0 Å². The molecule has 0 unspecified atom stereocenters. The molecule has 2 rings (SSSR count). The van der Waals surface area contributed by atoms with Crippen molar-refractivity contribution < 1.29 is 14.3 Å². The Hall–Kier alpha value is -1.75. The minimum Gasteiger partial charge on any atom is -0.496 e. The molecule has 1 aliphatic rings. The molecule has 5 heteroatoms. The highest BCUT2D eigenvalue weighted by Crippen LogP contribution is 2.17. The van der Waals surface area contributed by atoms with Gasteiger partial charge in [0.15, 0.2) is 0 Å². The van der Waals surface area contributed by atoms with Gasteiger partial charge >= 0.3 is 6.03 Å². The Kier molecular flexibility index (Phi) is 5.87. The van der Waals surface area contributed by atoms with E-state index in [2.05, 4.69) is 5.32 Å². The smallest absolute Gasteiger partial charge is 0.317 e. The maximum Gasteiger partial charge on any atom is 0.317 e. The molecule has 1 saturated heterocycles. The van der Waals surface area contributed by atoms with Crippen molar-refractivity contribution in [2.24, 2.45) is 0 Å². The lowest BCUT2D eigenvalue weighted by Crippen LogP contribution is -2.45. The largest absolute Gasteiger partial charge is 0.496 e. The summed E-state index contributed by atoms with van der Waals surface area (Å²) in [5.74, 6) is 0.871. The second kappa shape index (κ2) is 7.88. The van der Waals surface area contributed by atoms with E-state index >= 15 is 0 Å². The number of likely N-dealkylation sites (N-methyl/N-ethyl adjacent to an activating group) is 1. The molecule has 1 fully saturated rings. The van der Waals surface area contributed by atoms with Crippen molar-refractivity contribution in [3.05, 3.63) is 29.8 Å². The lowest BCUT2D eigenvalue weighted by molar-refractivity contribution is 0.0785. The average Bonchev–Trinajstić information content (AvgIpc) is 2.53. The van der Waals surface area contributed by atoms with Crippen LogP contribution in [0.1, 0.15) is 18.4 Å². The van der Waals surface area contributed by atoms with Gasteiger partial charge in [-0.1, -0.05) is 18.2 Å². The quantitative estimate of drug-likeness (QED) is 0.903. The van der Waals surface area contributed by atoms with Gasteiger partial charge in [0.05, 0.1) is 7.11 Å². The summed E-state index contributed by atoms with van der Waals surface area (Å²) in [7, 11) is 3.49. The van der Waals surface area contributed by atoms with Crippen LogP contribution in [0.3, 0.4) is 0 Å². The van der Waals surface area contributed by atoms with Crippen molar-refractivity contribution in [2.45, 2.75) is 25.3 Å². The minimum atomic E-state index is -0.0169. The summed E-state index contributed by atoms with van der Waals surface area (Å²) in [4.78, 5) is 13.9. The number of rotatable bonds is 5. The maximum atomic E-state index is 12.1. The van der Waals surface area contributed by atoms with Crippen molar-refractivity contribution in [1.82, 2.24) is 10.2 Å². The lowest BCUT2D eigenvalue weighted by Gasteiger charge is -2.26. The highest BCUT2D eigenvalue weighted by molar-refractivity contribution is 5.74. The molecular weight excluding hydrogens is 268 g/mol. The van der Waals surface area contributed by atoms with E-state index < -0.39 is 0 Å². The molecule has 5 nitrogen and oxygen atoms in total. The number of carbonyl (C=O) groups excluding carboxylic acids is 1. The number of urea groups is 1. The first-order valence-corrected chi connectivity index (χ1v) is 7.42. The minimum absolute atomic E-state index is 0.0169. The summed E-state index contributed by atoms with van der Waals surface area (Å²) in [5.41, 5.74) is 1.12. The Morgan fingerprint density at radius 2 is 2.10 bits per heavy atom. The van der Waals surface area contributed by atoms with E-state index in [1.165, 1.54) is 0 Å². The van der Waals surface area contributed by atoms with Crippen molar-refractivity contribution in [3.63, 3.8) is 0 Å². The molecule has 0 aromatic heterocycles. The standard InChI is InChI=1S/C16H24N2O3/c1-18(16(19)17-14-8-11-21-12-9-14)10-7-13-5-3-4-6-15(13)20-2/h3-6,14H,7-12H2,1-2H3,(H,17,19).